The van der Waals surface area contributed by atoms with E-state index in [0.717, 1.165) is 57.8 Å². The number of nitrogens with zero attached hydrogens (tertiary/aromatic N) is 5. The third-order valence-electron chi connectivity index (χ3n) is 5.58. The molecule has 0 amide bonds. The van der Waals surface area contributed by atoms with Crippen LogP contribution in [0.3, 0.4) is 0 Å². The summed E-state index contributed by atoms with van der Waals surface area (Å²) in [4.78, 5) is 13.2. The number of hydrogen-bond donors (Lipinski definition) is 1. The second kappa shape index (κ2) is 8.20. The molecule has 4 aromatic rings. The van der Waals surface area contributed by atoms with Crippen LogP contribution in [0.15, 0.2) is 42.7 Å². The molecule has 8 nitrogen and oxygen atoms in total. The molecular weight excluding hydrogens is 404 g/mol. The van der Waals surface area contributed by atoms with Gasteiger partial charge >= 0.3 is 0 Å². The Kier molecular flexibility index (Phi) is 5.22. The van der Waals surface area contributed by atoms with Gasteiger partial charge in [-0.15, -0.1) is 0 Å². The number of hydrogen-bond acceptors (Lipinski definition) is 7. The molecule has 8 heteroatoms. The zero-order valence-electron chi connectivity index (χ0n) is 18.7. The van der Waals surface area contributed by atoms with E-state index in [4.69, 9.17) is 9.47 Å². The normalized spacial score (nSPS) is 18.2. The lowest BCUT2D eigenvalue weighted by atomic mass is 10.1. The lowest BCUT2D eigenvalue weighted by Crippen LogP contribution is -2.23. The lowest BCUT2D eigenvalue weighted by Gasteiger charge is -2.19. The molecule has 2 unspecified atom stereocenters. The molecule has 0 aromatic carbocycles. The number of pyridine rings is 2. The molecule has 32 heavy (non-hydrogen) atoms. The first-order valence-electron chi connectivity index (χ1n) is 10.7. The number of rotatable bonds is 5. The Labute approximate surface area is 186 Å². The molecule has 5 heterocycles. The summed E-state index contributed by atoms with van der Waals surface area (Å²) in [5.74, 6) is 3.29. The Hall–Kier alpha value is -3.52. The van der Waals surface area contributed by atoms with E-state index < -0.39 is 0 Å². The van der Waals surface area contributed by atoms with E-state index in [9.17, 15) is 0 Å². The molecule has 0 spiro atoms. The summed E-state index contributed by atoms with van der Waals surface area (Å²) in [5, 5.41) is 7.90. The molecule has 0 bridgehead atoms. The van der Waals surface area contributed by atoms with Crippen LogP contribution in [-0.4, -0.2) is 43.9 Å². The Morgan fingerprint density at radius 2 is 1.91 bits per heavy atom. The van der Waals surface area contributed by atoms with Gasteiger partial charge in [0.05, 0.1) is 24.9 Å². The second-order valence-electron chi connectivity index (χ2n) is 8.37. The van der Waals surface area contributed by atoms with Crippen molar-refractivity contribution >= 4 is 17.2 Å². The maximum absolute atomic E-state index is 6.31. The molecule has 1 N–H and O–H groups in total. The highest BCUT2D eigenvalue weighted by molar-refractivity contribution is 5.75. The van der Waals surface area contributed by atoms with Crippen LogP contribution < -0.4 is 10.1 Å². The van der Waals surface area contributed by atoms with Crippen LogP contribution in [0.2, 0.25) is 0 Å². The summed E-state index contributed by atoms with van der Waals surface area (Å²) in [6.45, 7) is 9.29. The summed E-state index contributed by atoms with van der Waals surface area (Å²) in [7, 11) is 0. The molecule has 2 atom stereocenters. The molecule has 4 aromatic heterocycles. The van der Waals surface area contributed by atoms with Crippen molar-refractivity contribution in [2.24, 2.45) is 5.92 Å². The molecule has 5 rings (SSSR count). The number of aromatic nitrogens is 5. The van der Waals surface area contributed by atoms with Crippen LogP contribution in [0.25, 0.3) is 16.6 Å². The summed E-state index contributed by atoms with van der Waals surface area (Å²) in [6, 6.07) is 10.1. The van der Waals surface area contributed by atoms with Gasteiger partial charge in [0.25, 0.3) is 0 Å². The van der Waals surface area contributed by atoms with E-state index in [2.05, 4.69) is 44.4 Å². The fourth-order valence-electron chi connectivity index (χ4n) is 3.96. The Bertz CT molecular complexity index is 1260. The molecule has 1 saturated heterocycles. The third-order valence-corrected chi connectivity index (χ3v) is 5.58. The van der Waals surface area contributed by atoms with E-state index >= 15 is 0 Å². The number of fused-ring (bicyclic) bond motifs is 1. The Morgan fingerprint density at radius 1 is 1.03 bits per heavy atom. The quantitative estimate of drug-likeness (QED) is 0.506. The lowest BCUT2D eigenvalue weighted by molar-refractivity contribution is 0.138. The SMILES string of the molecule is Cc1cc(-c2ccn3nc(Nc4cc(C)nc(C)n4)cc3c2)c(OC2COCC2C)cn1. The summed E-state index contributed by atoms with van der Waals surface area (Å²) >= 11 is 0. The van der Waals surface area contributed by atoms with Crippen molar-refractivity contribution in [3.8, 4) is 16.9 Å². The molecule has 0 aliphatic carbocycles. The minimum Gasteiger partial charge on any atom is -0.485 e. The van der Waals surface area contributed by atoms with Gasteiger partial charge in [0.1, 0.15) is 23.5 Å². The smallest absolute Gasteiger partial charge is 0.154 e. The summed E-state index contributed by atoms with van der Waals surface area (Å²) in [6.07, 6.45) is 3.79. The van der Waals surface area contributed by atoms with Crippen LogP contribution in [0.4, 0.5) is 11.6 Å². The van der Waals surface area contributed by atoms with Crippen LogP contribution in [-0.2, 0) is 4.74 Å². The van der Waals surface area contributed by atoms with Gasteiger partial charge < -0.3 is 14.8 Å². The summed E-state index contributed by atoms with van der Waals surface area (Å²) in [5.41, 5.74) is 4.87. The molecule has 0 radical (unpaired) electrons. The largest absolute Gasteiger partial charge is 0.485 e. The van der Waals surface area contributed by atoms with Crippen LogP contribution in [0.1, 0.15) is 24.1 Å². The van der Waals surface area contributed by atoms with Gasteiger partial charge in [-0.1, -0.05) is 6.92 Å². The highest BCUT2D eigenvalue weighted by Crippen LogP contribution is 2.33. The first kappa shape index (κ1) is 20.4. The van der Waals surface area contributed by atoms with Crippen molar-refractivity contribution in [2.75, 3.05) is 18.5 Å². The van der Waals surface area contributed by atoms with Crippen LogP contribution in [0, 0.1) is 26.7 Å². The van der Waals surface area contributed by atoms with Crippen molar-refractivity contribution < 1.29 is 9.47 Å². The van der Waals surface area contributed by atoms with Gasteiger partial charge in [0.2, 0.25) is 0 Å². The van der Waals surface area contributed by atoms with E-state index in [1.54, 1.807) is 0 Å². The molecule has 1 aliphatic rings. The minimum atomic E-state index is 0.0348. The molecular formula is C24H26N6O2. The van der Waals surface area contributed by atoms with Gasteiger partial charge in [0, 0.05) is 41.2 Å². The molecule has 0 saturated carbocycles. The summed E-state index contributed by atoms with van der Waals surface area (Å²) < 4.78 is 13.7. The van der Waals surface area contributed by atoms with E-state index in [0.29, 0.717) is 12.5 Å². The number of anilines is 2. The first-order valence-corrected chi connectivity index (χ1v) is 10.7. The molecule has 1 fully saturated rings. The topological polar surface area (TPSA) is 86.5 Å². The minimum absolute atomic E-state index is 0.0348. The zero-order chi connectivity index (χ0) is 22.2. The third kappa shape index (κ3) is 4.13. The maximum Gasteiger partial charge on any atom is 0.154 e. The van der Waals surface area contributed by atoms with Crippen LogP contribution in [0.5, 0.6) is 5.75 Å². The van der Waals surface area contributed by atoms with Gasteiger partial charge in [-0.2, -0.15) is 5.10 Å². The van der Waals surface area contributed by atoms with E-state index in [1.165, 1.54) is 0 Å². The maximum atomic E-state index is 6.31. The van der Waals surface area contributed by atoms with Crippen LogP contribution >= 0.6 is 0 Å². The van der Waals surface area contributed by atoms with E-state index in [1.807, 2.05) is 55.9 Å². The number of nitrogens with one attached hydrogen (secondary N) is 1. The Balaban J connectivity index is 1.47. The van der Waals surface area contributed by atoms with Gasteiger partial charge in [0.15, 0.2) is 5.82 Å². The molecule has 164 valence electrons. The highest BCUT2D eigenvalue weighted by Gasteiger charge is 2.27. The zero-order valence-corrected chi connectivity index (χ0v) is 18.7. The second-order valence-corrected chi connectivity index (χ2v) is 8.37. The fraction of sp³-hybridized carbons (Fsp3) is 0.333. The predicted molar refractivity (Wildman–Crippen MR) is 122 cm³/mol. The first-order chi connectivity index (χ1) is 15.4. The number of ether oxygens (including phenoxy) is 2. The van der Waals surface area contributed by atoms with Crippen molar-refractivity contribution in [3.63, 3.8) is 0 Å². The standard InChI is InChI=1S/C24H26N6O2/c1-14-12-31-13-22(14)32-21-11-25-15(2)7-20(21)18-5-6-30-19(9-18)10-24(29-30)28-23-8-16(3)26-17(4)27-23/h5-11,14,22H,12-13H2,1-4H3,(H,26,27,28,29). The monoisotopic (exact) mass is 430 g/mol. The van der Waals surface area contributed by atoms with Gasteiger partial charge in [-0.05, 0) is 44.5 Å². The average Bonchev–Trinajstić information content (AvgIpc) is 3.33. The van der Waals surface area contributed by atoms with Crippen molar-refractivity contribution in [3.05, 3.63) is 59.9 Å². The average molecular weight is 431 g/mol. The van der Waals surface area contributed by atoms with Gasteiger partial charge in [-0.3, -0.25) is 4.98 Å². The van der Waals surface area contributed by atoms with Crippen molar-refractivity contribution in [2.45, 2.75) is 33.8 Å². The number of aryl methyl sites for hydroxylation is 3. The van der Waals surface area contributed by atoms with E-state index in [-0.39, 0.29) is 6.10 Å². The highest BCUT2D eigenvalue weighted by atomic mass is 16.5. The van der Waals surface area contributed by atoms with Crippen molar-refractivity contribution in [1.29, 1.82) is 0 Å². The van der Waals surface area contributed by atoms with Crippen molar-refractivity contribution in [1.82, 2.24) is 24.6 Å². The predicted octanol–water partition coefficient (Wildman–Crippen LogP) is 4.27. The fourth-order valence-corrected chi connectivity index (χ4v) is 3.96. The van der Waals surface area contributed by atoms with Gasteiger partial charge in [-0.25, -0.2) is 14.5 Å². The Morgan fingerprint density at radius 3 is 2.69 bits per heavy atom. The molecule has 1 aliphatic heterocycles.